The van der Waals surface area contributed by atoms with Gasteiger partial charge in [-0.3, -0.25) is 0 Å². The molecule has 0 bridgehead atoms. The Morgan fingerprint density at radius 2 is 2.07 bits per heavy atom. The summed E-state index contributed by atoms with van der Waals surface area (Å²) in [5.41, 5.74) is 7.04. The molecule has 1 aromatic carbocycles. The number of allylic oxidation sites excluding steroid dienone is 1. The summed E-state index contributed by atoms with van der Waals surface area (Å²) < 4.78 is 0. The van der Waals surface area contributed by atoms with Crippen LogP contribution in [0.4, 0.5) is 5.69 Å². The van der Waals surface area contributed by atoms with Gasteiger partial charge in [0.05, 0.1) is 5.31 Å². The minimum absolute atomic E-state index is 0.326. The van der Waals surface area contributed by atoms with E-state index in [1.807, 2.05) is 6.07 Å². The van der Waals surface area contributed by atoms with Crippen molar-refractivity contribution < 1.29 is 4.89 Å². The summed E-state index contributed by atoms with van der Waals surface area (Å²) in [7, 11) is -2.48. The standard InChI is InChI=1S/C11H13N2OP/c1-15(2,14)11(8-12)7-9-3-5-10(13)6-4-9/h3-7,14H,1,13H2,2H3/b11-7-. The third kappa shape index (κ3) is 3.28. The summed E-state index contributed by atoms with van der Waals surface area (Å²) in [5, 5.41) is 9.19. The van der Waals surface area contributed by atoms with Crippen LogP contribution in [0.15, 0.2) is 29.6 Å². The van der Waals surface area contributed by atoms with Gasteiger partial charge in [0.15, 0.2) is 0 Å². The van der Waals surface area contributed by atoms with Crippen LogP contribution in [0.25, 0.3) is 6.08 Å². The molecule has 0 spiro atoms. The van der Waals surface area contributed by atoms with E-state index in [4.69, 9.17) is 11.0 Å². The Balaban J connectivity index is 3.11. The van der Waals surface area contributed by atoms with Crippen LogP contribution in [0, 0.1) is 11.3 Å². The van der Waals surface area contributed by atoms with E-state index in [2.05, 4.69) is 6.30 Å². The van der Waals surface area contributed by atoms with Crippen molar-refractivity contribution in [3.05, 3.63) is 35.1 Å². The Morgan fingerprint density at radius 1 is 1.53 bits per heavy atom. The Morgan fingerprint density at radius 3 is 2.47 bits per heavy atom. The summed E-state index contributed by atoms with van der Waals surface area (Å²) in [5.74, 6) is 0. The van der Waals surface area contributed by atoms with Gasteiger partial charge in [0.25, 0.3) is 0 Å². The van der Waals surface area contributed by atoms with Gasteiger partial charge in [0.2, 0.25) is 0 Å². The van der Waals surface area contributed by atoms with Gasteiger partial charge < -0.3 is 10.6 Å². The number of nitrogens with zero attached hydrogens (tertiary/aromatic N) is 1. The van der Waals surface area contributed by atoms with Crippen molar-refractivity contribution in [2.45, 2.75) is 0 Å². The lowest BCUT2D eigenvalue weighted by atomic mass is 10.2. The number of hydrogen-bond donors (Lipinski definition) is 2. The number of benzene rings is 1. The molecule has 0 amide bonds. The van der Waals surface area contributed by atoms with Gasteiger partial charge in [-0.25, -0.2) is 0 Å². The second-order valence-electron chi connectivity index (χ2n) is 3.45. The van der Waals surface area contributed by atoms with E-state index in [1.54, 1.807) is 37.0 Å². The molecule has 0 aromatic heterocycles. The lowest BCUT2D eigenvalue weighted by molar-refractivity contribution is 0.635. The molecular formula is C11H13N2OP. The fourth-order valence-electron chi connectivity index (χ4n) is 1.03. The van der Waals surface area contributed by atoms with Crippen molar-refractivity contribution in [1.29, 1.82) is 5.26 Å². The minimum atomic E-state index is -2.48. The predicted octanol–water partition coefficient (Wildman–Crippen LogP) is 2.12. The molecule has 0 aliphatic rings. The van der Waals surface area contributed by atoms with Gasteiger partial charge in [0.1, 0.15) is 6.07 Å². The first-order valence-electron chi connectivity index (χ1n) is 4.35. The molecule has 0 aliphatic heterocycles. The number of hydrogen-bond acceptors (Lipinski definition) is 3. The zero-order chi connectivity index (χ0) is 11.5. The van der Waals surface area contributed by atoms with Crippen LogP contribution in [-0.2, 0) is 0 Å². The first-order valence-corrected chi connectivity index (χ1v) is 6.72. The van der Waals surface area contributed by atoms with E-state index in [-0.39, 0.29) is 0 Å². The summed E-state index contributed by atoms with van der Waals surface area (Å²) in [6.07, 6.45) is 5.25. The van der Waals surface area contributed by atoms with Crippen LogP contribution in [0.5, 0.6) is 0 Å². The van der Waals surface area contributed by atoms with Crippen LogP contribution in [0.3, 0.4) is 0 Å². The first-order chi connectivity index (χ1) is 6.93. The molecule has 1 atom stereocenters. The molecule has 1 aromatic rings. The van der Waals surface area contributed by atoms with Crippen molar-refractivity contribution in [2.24, 2.45) is 0 Å². The van der Waals surface area contributed by atoms with Crippen LogP contribution in [0.1, 0.15) is 5.56 Å². The molecule has 1 rings (SSSR count). The number of nitrogen functional groups attached to an aromatic ring is 1. The van der Waals surface area contributed by atoms with Gasteiger partial charge in [-0.15, -0.1) is 0 Å². The maximum atomic E-state index is 9.68. The number of rotatable bonds is 2. The monoisotopic (exact) mass is 220 g/mol. The zero-order valence-electron chi connectivity index (χ0n) is 8.51. The number of nitrogens with two attached hydrogens (primary N) is 1. The predicted molar refractivity (Wildman–Crippen MR) is 66.6 cm³/mol. The van der Waals surface area contributed by atoms with Crippen LogP contribution >= 0.6 is 7.11 Å². The highest BCUT2D eigenvalue weighted by atomic mass is 31.2. The van der Waals surface area contributed by atoms with Crippen LogP contribution in [-0.4, -0.2) is 17.9 Å². The molecule has 78 valence electrons. The highest BCUT2D eigenvalue weighted by Gasteiger charge is 2.08. The zero-order valence-corrected chi connectivity index (χ0v) is 9.41. The molecule has 0 saturated heterocycles. The van der Waals surface area contributed by atoms with Gasteiger partial charge in [-0.05, 0) is 30.4 Å². The Hall–Kier alpha value is -1.49. The fourth-order valence-corrected chi connectivity index (χ4v) is 1.67. The highest BCUT2D eigenvalue weighted by Crippen LogP contribution is 2.45. The second kappa shape index (κ2) is 4.35. The Kier molecular flexibility index (Phi) is 3.36. The highest BCUT2D eigenvalue weighted by molar-refractivity contribution is 7.72. The van der Waals surface area contributed by atoms with E-state index in [1.165, 1.54) is 0 Å². The molecule has 0 fully saturated rings. The second-order valence-corrected chi connectivity index (χ2v) is 6.21. The normalized spacial score (nSPS) is 15.4. The molecule has 3 N–H and O–H groups in total. The molecular weight excluding hydrogens is 207 g/mol. The third-order valence-corrected chi connectivity index (χ3v) is 3.14. The average Bonchev–Trinajstić information content (AvgIpc) is 2.15. The minimum Gasteiger partial charge on any atom is -0.399 e. The largest absolute Gasteiger partial charge is 0.399 e. The average molecular weight is 220 g/mol. The molecule has 0 aliphatic carbocycles. The number of anilines is 1. The van der Waals surface area contributed by atoms with E-state index in [0.29, 0.717) is 11.0 Å². The van der Waals surface area contributed by atoms with E-state index in [9.17, 15) is 4.89 Å². The van der Waals surface area contributed by atoms with E-state index >= 15 is 0 Å². The van der Waals surface area contributed by atoms with Crippen LogP contribution in [0.2, 0.25) is 0 Å². The maximum absolute atomic E-state index is 9.68. The fraction of sp³-hybridized carbons (Fsp3) is 0.0909. The molecule has 15 heavy (non-hydrogen) atoms. The summed E-state index contributed by atoms with van der Waals surface area (Å²) in [6, 6.07) is 9.05. The maximum Gasteiger partial charge on any atom is 0.102 e. The van der Waals surface area contributed by atoms with Gasteiger partial charge >= 0.3 is 0 Å². The van der Waals surface area contributed by atoms with Gasteiger partial charge in [0, 0.05) is 12.8 Å². The molecule has 4 heteroatoms. The van der Waals surface area contributed by atoms with Crippen molar-refractivity contribution in [1.82, 2.24) is 0 Å². The lowest BCUT2D eigenvalue weighted by Crippen LogP contribution is -1.85. The first kappa shape index (κ1) is 11.6. The molecule has 0 radical (unpaired) electrons. The quantitative estimate of drug-likeness (QED) is 0.455. The van der Waals surface area contributed by atoms with Crippen LogP contribution < -0.4 is 5.73 Å². The van der Waals surface area contributed by atoms with Crippen molar-refractivity contribution >= 4 is 25.2 Å². The summed E-state index contributed by atoms with van der Waals surface area (Å²) >= 11 is 0. The molecule has 3 nitrogen and oxygen atoms in total. The number of nitriles is 1. The van der Waals surface area contributed by atoms with Crippen molar-refractivity contribution in [3.63, 3.8) is 0 Å². The molecule has 1 unspecified atom stereocenters. The summed E-state index contributed by atoms with van der Waals surface area (Å²) in [4.78, 5) is 9.68. The lowest BCUT2D eigenvalue weighted by Gasteiger charge is -2.08. The smallest absolute Gasteiger partial charge is 0.102 e. The van der Waals surface area contributed by atoms with Gasteiger partial charge in [-0.1, -0.05) is 18.4 Å². The SMILES string of the molecule is C=P(C)(O)/C(C#N)=C\c1ccc(N)cc1. The third-order valence-electron chi connectivity index (χ3n) is 1.87. The topological polar surface area (TPSA) is 70.0 Å². The Labute approximate surface area is 89.5 Å². The van der Waals surface area contributed by atoms with Gasteiger partial charge in [-0.2, -0.15) is 5.26 Å². The van der Waals surface area contributed by atoms with Crippen molar-refractivity contribution in [2.75, 3.05) is 12.4 Å². The molecule has 0 heterocycles. The Bertz CT molecular complexity index is 462. The van der Waals surface area contributed by atoms with E-state index in [0.717, 1.165) is 5.56 Å². The summed E-state index contributed by atoms with van der Waals surface area (Å²) in [6.45, 7) is 1.58. The molecule has 0 saturated carbocycles. The van der Waals surface area contributed by atoms with Crippen molar-refractivity contribution in [3.8, 4) is 6.07 Å². The van der Waals surface area contributed by atoms with E-state index < -0.39 is 7.11 Å².